The number of hydrogen-bond donors (Lipinski definition) is 2. The van der Waals surface area contributed by atoms with Crippen LogP contribution in [0.2, 0.25) is 0 Å². The molecular weight excluding hydrogens is 418 g/mol. The molecule has 1 saturated carbocycles. The number of aryl methyl sites for hydroxylation is 1. The Morgan fingerprint density at radius 3 is 2.65 bits per heavy atom. The van der Waals surface area contributed by atoms with Crippen LogP contribution in [0.1, 0.15) is 12.8 Å². The molecule has 1 aromatic carbocycles. The van der Waals surface area contributed by atoms with Crippen LogP contribution >= 0.6 is 0 Å². The Balaban J connectivity index is 1.50. The van der Waals surface area contributed by atoms with E-state index in [0.717, 1.165) is 28.1 Å². The van der Waals surface area contributed by atoms with Crippen molar-refractivity contribution < 1.29 is 13.6 Å². The maximum absolute atomic E-state index is 12.1. The van der Waals surface area contributed by atoms with Crippen molar-refractivity contribution in [2.75, 3.05) is 9.62 Å². The summed E-state index contributed by atoms with van der Waals surface area (Å²) in [6, 6.07) is 8.82. The van der Waals surface area contributed by atoms with Crippen LogP contribution in [0.3, 0.4) is 0 Å². The highest BCUT2D eigenvalue weighted by atomic mass is 32.2. The minimum atomic E-state index is -2.52. The first-order valence-corrected chi connectivity index (χ1v) is 10.7. The fourth-order valence-corrected chi connectivity index (χ4v) is 3.92. The Morgan fingerprint density at radius 1 is 1.23 bits per heavy atom. The Bertz CT molecular complexity index is 1290. The predicted molar refractivity (Wildman–Crippen MR) is 115 cm³/mol. The number of hydrogen-bond acceptors (Lipinski definition) is 6. The molecule has 0 spiro atoms. The topological polar surface area (TPSA) is 132 Å². The summed E-state index contributed by atoms with van der Waals surface area (Å²) >= 11 is -2.52. The van der Waals surface area contributed by atoms with Crippen molar-refractivity contribution >= 4 is 45.5 Å². The van der Waals surface area contributed by atoms with Gasteiger partial charge in [-0.2, -0.15) is 10.1 Å². The molecule has 3 aromatic heterocycles. The average molecular weight is 436 g/mol. The zero-order chi connectivity index (χ0) is 21.5. The Morgan fingerprint density at radius 2 is 2.00 bits per heavy atom. The third kappa shape index (κ3) is 3.80. The summed E-state index contributed by atoms with van der Waals surface area (Å²) in [5.74, 6) is 0.206. The van der Waals surface area contributed by atoms with Crippen LogP contribution in [0.25, 0.3) is 22.3 Å². The van der Waals surface area contributed by atoms with Gasteiger partial charge in [0.1, 0.15) is 5.65 Å². The lowest BCUT2D eigenvalue weighted by atomic mass is 10.1. The summed E-state index contributed by atoms with van der Waals surface area (Å²) in [5.41, 5.74) is 2.91. The van der Waals surface area contributed by atoms with Crippen molar-refractivity contribution in [3.05, 3.63) is 48.9 Å². The van der Waals surface area contributed by atoms with Gasteiger partial charge in [0.2, 0.25) is 11.9 Å². The van der Waals surface area contributed by atoms with Gasteiger partial charge in [0.05, 0.1) is 34.5 Å². The molecule has 1 aliphatic carbocycles. The van der Waals surface area contributed by atoms with Gasteiger partial charge in [0.15, 0.2) is 0 Å². The first kappa shape index (κ1) is 19.4. The van der Waals surface area contributed by atoms with E-state index in [9.17, 15) is 13.6 Å². The van der Waals surface area contributed by atoms with Crippen LogP contribution in [0.5, 0.6) is 0 Å². The van der Waals surface area contributed by atoms with Crippen LogP contribution < -0.4 is 9.62 Å². The maximum atomic E-state index is 12.1. The Kier molecular flexibility index (Phi) is 4.75. The monoisotopic (exact) mass is 436 g/mol. The lowest BCUT2D eigenvalue weighted by Gasteiger charge is -2.24. The second-order valence-electron chi connectivity index (χ2n) is 7.33. The van der Waals surface area contributed by atoms with Crippen LogP contribution in [0.4, 0.5) is 17.3 Å². The largest absolute Gasteiger partial charge is 0.755 e. The third-order valence-corrected chi connectivity index (χ3v) is 5.77. The van der Waals surface area contributed by atoms with Gasteiger partial charge < -0.3 is 9.54 Å². The summed E-state index contributed by atoms with van der Waals surface area (Å²) in [7, 11) is 1.72. The zero-order valence-electron chi connectivity index (χ0n) is 16.5. The molecular formula is C20H18N7O3S-. The fourth-order valence-electron chi connectivity index (χ4n) is 3.36. The molecule has 1 atom stereocenters. The van der Waals surface area contributed by atoms with Crippen LogP contribution in [0.15, 0.2) is 48.9 Å². The van der Waals surface area contributed by atoms with E-state index in [-0.39, 0.29) is 17.8 Å². The number of fused-ring (bicyclic) bond motifs is 1. The standard InChI is InChI=1S/C20H19N7O3S/c1-26-11-15(10-22-26)27(31(29)30)14-6-4-12(5-7-14)17-16-8-9-21-18(16)24-20(23-17)25-19(28)13-2-3-13/h4-11,13H,2-3H2,1H3,(H,29,30)(H2,21,23,24,25,28)/p-1. The van der Waals surface area contributed by atoms with E-state index >= 15 is 0 Å². The molecule has 1 amide bonds. The molecule has 11 heteroatoms. The van der Waals surface area contributed by atoms with E-state index in [4.69, 9.17) is 0 Å². The molecule has 0 bridgehead atoms. The summed E-state index contributed by atoms with van der Waals surface area (Å²) < 4.78 is 26.4. The summed E-state index contributed by atoms with van der Waals surface area (Å²) in [6.45, 7) is 0. The first-order valence-electron chi connectivity index (χ1n) is 9.64. The van der Waals surface area contributed by atoms with E-state index in [1.54, 1.807) is 43.7 Å². The van der Waals surface area contributed by atoms with Crippen LogP contribution in [-0.4, -0.2) is 39.4 Å². The second kappa shape index (κ2) is 7.60. The second-order valence-corrected chi connectivity index (χ2v) is 8.13. The normalized spacial score (nSPS) is 14.5. The highest BCUT2D eigenvalue weighted by Crippen LogP contribution is 2.33. The number of benzene rings is 1. The van der Waals surface area contributed by atoms with Crippen molar-refractivity contribution in [1.29, 1.82) is 0 Å². The molecule has 2 N–H and O–H groups in total. The predicted octanol–water partition coefficient (Wildman–Crippen LogP) is 2.64. The molecule has 0 aliphatic heterocycles. The molecule has 0 saturated heterocycles. The Hall–Kier alpha value is -3.57. The van der Waals surface area contributed by atoms with Crippen molar-refractivity contribution in [2.45, 2.75) is 12.8 Å². The molecule has 31 heavy (non-hydrogen) atoms. The van der Waals surface area contributed by atoms with Crippen molar-refractivity contribution in [2.24, 2.45) is 13.0 Å². The molecule has 3 heterocycles. The number of amides is 1. The molecule has 0 radical (unpaired) electrons. The molecule has 10 nitrogen and oxygen atoms in total. The highest BCUT2D eigenvalue weighted by Gasteiger charge is 2.30. The number of carbonyl (C=O) groups is 1. The third-order valence-electron chi connectivity index (χ3n) is 5.05. The zero-order valence-corrected chi connectivity index (χ0v) is 17.3. The van der Waals surface area contributed by atoms with Gasteiger partial charge in [-0.25, -0.2) is 4.98 Å². The van der Waals surface area contributed by atoms with E-state index in [1.165, 1.54) is 10.9 Å². The van der Waals surface area contributed by atoms with Gasteiger partial charge >= 0.3 is 0 Å². The number of anilines is 3. The molecule has 1 unspecified atom stereocenters. The summed E-state index contributed by atoms with van der Waals surface area (Å²) in [6.07, 6.45) is 6.63. The summed E-state index contributed by atoms with van der Waals surface area (Å²) in [5, 5.41) is 7.62. The molecule has 1 aliphatic rings. The van der Waals surface area contributed by atoms with Crippen LogP contribution in [0, 0.1) is 5.92 Å². The molecule has 158 valence electrons. The van der Waals surface area contributed by atoms with E-state index in [1.807, 2.05) is 6.07 Å². The van der Waals surface area contributed by atoms with Gasteiger partial charge in [-0.1, -0.05) is 12.1 Å². The summed E-state index contributed by atoms with van der Waals surface area (Å²) in [4.78, 5) is 24.1. The number of rotatable bonds is 6. The number of nitrogens with one attached hydrogen (secondary N) is 2. The van der Waals surface area contributed by atoms with E-state index < -0.39 is 11.3 Å². The first-order chi connectivity index (χ1) is 15.0. The van der Waals surface area contributed by atoms with E-state index in [2.05, 4.69) is 25.4 Å². The number of aromatic nitrogens is 5. The number of carbonyl (C=O) groups excluding carboxylic acids is 1. The SMILES string of the molecule is Cn1cc(N(c2ccc(-c3nc(NC(=O)C4CC4)nc4[nH]ccc34)cc2)S(=O)[O-])cn1. The molecule has 4 aromatic rings. The number of aromatic amines is 1. The van der Waals surface area contributed by atoms with Crippen molar-refractivity contribution in [1.82, 2.24) is 24.7 Å². The minimum Gasteiger partial charge on any atom is -0.755 e. The number of H-pyrrole nitrogens is 1. The van der Waals surface area contributed by atoms with Crippen molar-refractivity contribution in [3.63, 3.8) is 0 Å². The van der Waals surface area contributed by atoms with Crippen molar-refractivity contribution in [3.8, 4) is 11.3 Å². The molecule has 5 rings (SSSR count). The fraction of sp³-hybridized carbons (Fsp3) is 0.200. The Labute approximate surface area is 179 Å². The van der Waals surface area contributed by atoms with Gasteiger partial charge in [-0.05, 0) is 31.0 Å². The van der Waals surface area contributed by atoms with E-state index in [0.29, 0.717) is 22.7 Å². The van der Waals surface area contributed by atoms with Crippen LogP contribution in [-0.2, 0) is 23.1 Å². The van der Waals surface area contributed by atoms with Gasteiger partial charge in [-0.15, -0.1) is 0 Å². The molecule has 1 fully saturated rings. The highest BCUT2D eigenvalue weighted by molar-refractivity contribution is 7.81. The lowest BCUT2D eigenvalue weighted by molar-refractivity contribution is -0.117. The lowest BCUT2D eigenvalue weighted by Crippen LogP contribution is -2.18. The van der Waals surface area contributed by atoms with Gasteiger partial charge in [0, 0.05) is 36.3 Å². The minimum absolute atomic E-state index is 0.0390. The number of nitrogens with zero attached hydrogens (tertiary/aromatic N) is 5. The smallest absolute Gasteiger partial charge is 0.232 e. The van der Waals surface area contributed by atoms with Gasteiger partial charge in [-0.3, -0.25) is 23.3 Å². The quantitative estimate of drug-likeness (QED) is 0.447. The average Bonchev–Trinajstić information content (AvgIpc) is 3.36. The van der Waals surface area contributed by atoms with Gasteiger partial charge in [0.25, 0.3) is 0 Å². The maximum Gasteiger partial charge on any atom is 0.232 e.